The Bertz CT molecular complexity index is 1960. The van der Waals surface area contributed by atoms with Crippen LogP contribution >= 0.6 is 0 Å². The van der Waals surface area contributed by atoms with Crippen LogP contribution in [0.25, 0.3) is 44.1 Å². The van der Waals surface area contributed by atoms with Gasteiger partial charge in [-0.2, -0.15) is 0 Å². The van der Waals surface area contributed by atoms with Gasteiger partial charge in [0.25, 0.3) is 10.0 Å². The van der Waals surface area contributed by atoms with Gasteiger partial charge in [-0.1, -0.05) is 24.3 Å². The predicted molar refractivity (Wildman–Crippen MR) is 143 cm³/mol. The number of hydrogen-bond donors (Lipinski definition) is 1. The maximum Gasteiger partial charge on any atom is 0.263 e. The van der Waals surface area contributed by atoms with Crippen molar-refractivity contribution in [3.8, 4) is 22.3 Å². The third-order valence-electron chi connectivity index (χ3n) is 6.21. The molecule has 186 valence electrons. The number of pyridine rings is 3. The molecule has 0 fully saturated rings. The van der Waals surface area contributed by atoms with Crippen LogP contribution in [0.2, 0.25) is 0 Å². The molecule has 6 nitrogen and oxygen atoms in total. The molecular weight excluding hydrogens is 506 g/mol. The summed E-state index contributed by atoms with van der Waals surface area (Å²) in [6, 6.07) is 21.5. The van der Waals surface area contributed by atoms with Crippen LogP contribution in [0.5, 0.6) is 0 Å². The average molecular weight is 525 g/mol. The first-order valence-corrected chi connectivity index (χ1v) is 13.0. The molecule has 38 heavy (non-hydrogen) atoms. The number of para-hydroxylation sites is 1. The number of nitrogens with one attached hydrogen (secondary N) is 1. The molecule has 6 aromatic rings. The highest BCUT2D eigenvalue weighted by molar-refractivity contribution is 7.92. The Hall–Kier alpha value is -4.76. The number of fused-ring (bicyclic) bond motifs is 2. The van der Waals surface area contributed by atoms with Gasteiger partial charge in [-0.15, -0.1) is 0 Å². The van der Waals surface area contributed by atoms with Crippen molar-refractivity contribution in [3.63, 3.8) is 0 Å². The van der Waals surface area contributed by atoms with E-state index in [0.717, 1.165) is 50.6 Å². The monoisotopic (exact) mass is 524 g/mol. The van der Waals surface area contributed by atoms with Crippen molar-refractivity contribution in [1.82, 2.24) is 15.0 Å². The quantitative estimate of drug-likeness (QED) is 0.275. The molecule has 0 aliphatic carbocycles. The van der Waals surface area contributed by atoms with Crippen LogP contribution in [-0.4, -0.2) is 23.4 Å². The van der Waals surface area contributed by atoms with Crippen LogP contribution < -0.4 is 4.72 Å². The second kappa shape index (κ2) is 9.28. The number of sulfonamides is 1. The summed E-state index contributed by atoms with van der Waals surface area (Å²) in [6.45, 7) is 0. The van der Waals surface area contributed by atoms with Crippen LogP contribution in [0.1, 0.15) is 0 Å². The molecule has 9 heteroatoms. The van der Waals surface area contributed by atoms with E-state index in [-0.39, 0.29) is 10.6 Å². The maximum absolute atomic E-state index is 14.1. The van der Waals surface area contributed by atoms with Crippen molar-refractivity contribution >= 4 is 37.5 Å². The lowest BCUT2D eigenvalue weighted by molar-refractivity contribution is 0.582. The SMILES string of the molecule is O=S(=O)(Nc1ccc(F)cc1F)c1cncc(-c2ccc3nccc(-c4ccnc5ccccc45)c3c2)c1. The molecule has 0 bridgehead atoms. The normalized spacial score (nSPS) is 11.6. The Kier molecular flexibility index (Phi) is 5.77. The van der Waals surface area contributed by atoms with E-state index in [1.54, 1.807) is 18.6 Å². The van der Waals surface area contributed by atoms with Crippen molar-refractivity contribution in [1.29, 1.82) is 0 Å². The number of hydrogen-bond acceptors (Lipinski definition) is 5. The Balaban J connectivity index is 1.43. The summed E-state index contributed by atoms with van der Waals surface area (Å²) >= 11 is 0. The fourth-order valence-corrected chi connectivity index (χ4v) is 5.45. The molecule has 0 unspecified atom stereocenters. The summed E-state index contributed by atoms with van der Waals surface area (Å²) in [5, 5.41) is 1.88. The van der Waals surface area contributed by atoms with Gasteiger partial charge >= 0.3 is 0 Å². The van der Waals surface area contributed by atoms with Crippen LogP contribution in [0, 0.1) is 11.6 Å². The zero-order valence-electron chi connectivity index (χ0n) is 19.6. The van der Waals surface area contributed by atoms with Crippen LogP contribution in [0.15, 0.2) is 109 Å². The summed E-state index contributed by atoms with van der Waals surface area (Å²) in [6.07, 6.45) is 6.24. The fourth-order valence-electron chi connectivity index (χ4n) is 4.39. The highest BCUT2D eigenvalue weighted by Crippen LogP contribution is 2.35. The molecule has 6 rings (SSSR count). The molecule has 0 aliphatic heterocycles. The first-order valence-electron chi connectivity index (χ1n) is 11.6. The molecule has 0 saturated carbocycles. The molecule has 0 spiro atoms. The minimum atomic E-state index is -4.19. The number of benzene rings is 3. The van der Waals surface area contributed by atoms with Gasteiger partial charge in [0.1, 0.15) is 16.5 Å². The topological polar surface area (TPSA) is 84.8 Å². The second-order valence-corrected chi connectivity index (χ2v) is 10.3. The van der Waals surface area contributed by atoms with Gasteiger partial charge in [0, 0.05) is 47.2 Å². The van der Waals surface area contributed by atoms with E-state index < -0.39 is 21.7 Å². The molecule has 0 atom stereocenters. The van der Waals surface area contributed by atoms with Crippen molar-refractivity contribution < 1.29 is 17.2 Å². The van der Waals surface area contributed by atoms with Crippen molar-refractivity contribution in [2.75, 3.05) is 4.72 Å². The van der Waals surface area contributed by atoms with Crippen LogP contribution in [0.4, 0.5) is 14.5 Å². The van der Waals surface area contributed by atoms with Crippen molar-refractivity contribution in [2.45, 2.75) is 4.90 Å². The smallest absolute Gasteiger partial charge is 0.263 e. The minimum Gasteiger partial charge on any atom is -0.277 e. The third kappa shape index (κ3) is 4.33. The van der Waals surface area contributed by atoms with Gasteiger partial charge in [0.05, 0.1) is 16.7 Å². The fraction of sp³-hybridized carbons (Fsp3) is 0. The van der Waals surface area contributed by atoms with E-state index in [2.05, 4.69) is 19.7 Å². The lowest BCUT2D eigenvalue weighted by Crippen LogP contribution is -2.14. The molecule has 0 saturated heterocycles. The Labute approximate surface area is 216 Å². The standard InChI is InChI=1S/C29H18F2N4O2S/c30-20-6-8-29(26(31)15-20)35-38(36,37)21-13-19(16-32-17-21)18-5-7-28-25(14-18)23(10-12-34-28)22-9-11-33-27-4-2-1-3-24(22)27/h1-17,35H. The highest BCUT2D eigenvalue weighted by Gasteiger charge is 2.18. The lowest BCUT2D eigenvalue weighted by atomic mass is 9.96. The van der Waals surface area contributed by atoms with Gasteiger partial charge in [0.15, 0.2) is 0 Å². The van der Waals surface area contributed by atoms with E-state index in [0.29, 0.717) is 11.6 Å². The van der Waals surface area contributed by atoms with Crippen LogP contribution in [-0.2, 0) is 10.0 Å². The van der Waals surface area contributed by atoms with Crippen LogP contribution in [0.3, 0.4) is 0 Å². The van der Waals surface area contributed by atoms with E-state index in [1.165, 1.54) is 12.3 Å². The Morgan fingerprint density at radius 1 is 0.684 bits per heavy atom. The maximum atomic E-state index is 14.1. The predicted octanol–water partition coefficient (Wildman–Crippen LogP) is 6.59. The molecule has 3 aromatic heterocycles. The molecule has 1 N–H and O–H groups in total. The number of aromatic nitrogens is 3. The second-order valence-electron chi connectivity index (χ2n) is 8.61. The minimum absolute atomic E-state index is 0.162. The first kappa shape index (κ1) is 23.6. The van der Waals surface area contributed by atoms with E-state index >= 15 is 0 Å². The molecule has 3 aromatic carbocycles. The van der Waals surface area contributed by atoms with Gasteiger partial charge in [0.2, 0.25) is 0 Å². The summed E-state index contributed by atoms with van der Waals surface area (Å²) in [4.78, 5) is 12.9. The van der Waals surface area contributed by atoms with E-state index in [4.69, 9.17) is 0 Å². The number of rotatable bonds is 5. The van der Waals surface area contributed by atoms with Crippen molar-refractivity contribution in [2.24, 2.45) is 0 Å². The highest BCUT2D eigenvalue weighted by atomic mass is 32.2. The number of nitrogens with zero attached hydrogens (tertiary/aromatic N) is 3. The summed E-state index contributed by atoms with van der Waals surface area (Å²) in [7, 11) is -4.19. The van der Waals surface area contributed by atoms with E-state index in [1.807, 2.05) is 54.6 Å². The lowest BCUT2D eigenvalue weighted by Gasteiger charge is -2.12. The summed E-state index contributed by atoms with van der Waals surface area (Å²) < 4.78 is 55.4. The Morgan fingerprint density at radius 2 is 1.42 bits per heavy atom. The van der Waals surface area contributed by atoms with Gasteiger partial charge in [-0.3, -0.25) is 19.7 Å². The van der Waals surface area contributed by atoms with Gasteiger partial charge in [-0.05, 0) is 65.2 Å². The number of halogens is 2. The summed E-state index contributed by atoms with van der Waals surface area (Å²) in [5.74, 6) is -1.82. The summed E-state index contributed by atoms with van der Waals surface area (Å²) in [5.41, 5.74) is 4.52. The third-order valence-corrected chi connectivity index (χ3v) is 7.55. The van der Waals surface area contributed by atoms with Crippen molar-refractivity contribution in [3.05, 3.63) is 115 Å². The zero-order valence-corrected chi connectivity index (χ0v) is 20.5. The first-order chi connectivity index (χ1) is 18.4. The largest absolute Gasteiger partial charge is 0.277 e. The van der Waals surface area contributed by atoms with Gasteiger partial charge in [-0.25, -0.2) is 17.2 Å². The molecule has 0 aliphatic rings. The Morgan fingerprint density at radius 3 is 2.21 bits per heavy atom. The van der Waals surface area contributed by atoms with E-state index in [9.17, 15) is 17.2 Å². The average Bonchev–Trinajstić information content (AvgIpc) is 2.94. The number of anilines is 1. The van der Waals surface area contributed by atoms with Gasteiger partial charge < -0.3 is 0 Å². The molecule has 0 radical (unpaired) electrons. The molecule has 0 amide bonds. The molecular formula is C29H18F2N4O2S. The molecule has 3 heterocycles. The zero-order chi connectivity index (χ0) is 26.3.